The Morgan fingerprint density at radius 3 is 2.36 bits per heavy atom. The number of hydrogen-bond donors (Lipinski definition) is 3. The Balaban J connectivity index is 0.00000576. The van der Waals surface area contributed by atoms with Crippen LogP contribution in [0.25, 0.3) is 0 Å². The quantitative estimate of drug-likeness (QED) is 0.358. The molecular weight excluding hydrogens is 427 g/mol. The second kappa shape index (κ2) is 10.6. The predicted octanol–water partition coefficient (Wildman–Crippen LogP) is 3.54. The van der Waals surface area contributed by atoms with Gasteiger partial charge in [-0.05, 0) is 51.3 Å². The van der Waals surface area contributed by atoms with Crippen LogP contribution < -0.4 is 16.0 Å². The number of benzene rings is 1. The number of carbonyl (C=O) groups is 1. The van der Waals surface area contributed by atoms with E-state index in [9.17, 15) is 4.79 Å². The highest BCUT2D eigenvalue weighted by atomic mass is 127. The van der Waals surface area contributed by atoms with Gasteiger partial charge in [-0.2, -0.15) is 0 Å². The lowest BCUT2D eigenvalue weighted by atomic mass is 10.1. The Morgan fingerprint density at radius 1 is 1.20 bits per heavy atom. The Morgan fingerprint density at radius 2 is 1.84 bits per heavy atom. The molecule has 0 radical (unpaired) electrons. The first-order chi connectivity index (χ1) is 11.1. The SMILES string of the molecule is CN=C(NCc1cccc(C(=O)NC(C)(C)C)c1)NC(C)C(C)C.I. The number of halogens is 1. The van der Waals surface area contributed by atoms with Crippen molar-refractivity contribution in [3.05, 3.63) is 35.4 Å². The molecule has 1 rings (SSSR count). The van der Waals surface area contributed by atoms with Crippen molar-refractivity contribution < 1.29 is 4.79 Å². The first kappa shape index (κ1) is 23.7. The van der Waals surface area contributed by atoms with Crippen molar-refractivity contribution in [3.8, 4) is 0 Å². The molecule has 0 fully saturated rings. The molecule has 1 unspecified atom stereocenters. The highest BCUT2D eigenvalue weighted by molar-refractivity contribution is 14.0. The maximum Gasteiger partial charge on any atom is 0.251 e. The third-order valence-electron chi connectivity index (χ3n) is 3.73. The van der Waals surface area contributed by atoms with Crippen LogP contribution in [0.4, 0.5) is 0 Å². The first-order valence-corrected chi connectivity index (χ1v) is 8.51. The Labute approximate surface area is 169 Å². The van der Waals surface area contributed by atoms with Crippen molar-refractivity contribution in [2.24, 2.45) is 10.9 Å². The van der Waals surface area contributed by atoms with E-state index in [1.807, 2.05) is 45.0 Å². The van der Waals surface area contributed by atoms with E-state index >= 15 is 0 Å². The molecule has 142 valence electrons. The lowest BCUT2D eigenvalue weighted by Gasteiger charge is -2.21. The van der Waals surface area contributed by atoms with E-state index in [2.05, 4.69) is 41.7 Å². The lowest BCUT2D eigenvalue weighted by molar-refractivity contribution is 0.0919. The second-order valence-electron chi connectivity index (χ2n) is 7.51. The maximum absolute atomic E-state index is 12.3. The monoisotopic (exact) mass is 460 g/mol. The van der Waals surface area contributed by atoms with E-state index in [1.54, 1.807) is 7.05 Å². The fourth-order valence-electron chi connectivity index (χ4n) is 2.00. The number of guanidine groups is 1. The van der Waals surface area contributed by atoms with Crippen LogP contribution in [0.5, 0.6) is 0 Å². The van der Waals surface area contributed by atoms with Gasteiger partial charge in [-0.3, -0.25) is 9.79 Å². The minimum Gasteiger partial charge on any atom is -0.354 e. The van der Waals surface area contributed by atoms with Crippen LogP contribution in [0.3, 0.4) is 0 Å². The van der Waals surface area contributed by atoms with E-state index in [-0.39, 0.29) is 35.4 Å². The zero-order valence-corrected chi connectivity index (χ0v) is 18.8. The molecule has 25 heavy (non-hydrogen) atoms. The summed E-state index contributed by atoms with van der Waals surface area (Å²) >= 11 is 0. The molecule has 0 saturated carbocycles. The van der Waals surface area contributed by atoms with Gasteiger partial charge in [0.15, 0.2) is 5.96 Å². The van der Waals surface area contributed by atoms with Crippen molar-refractivity contribution in [2.75, 3.05) is 7.05 Å². The molecule has 1 aromatic carbocycles. The number of nitrogens with zero attached hydrogens (tertiary/aromatic N) is 1. The molecular formula is C19H33IN4O. The van der Waals surface area contributed by atoms with Crippen LogP contribution >= 0.6 is 24.0 Å². The fraction of sp³-hybridized carbons (Fsp3) is 0.579. The molecule has 1 amide bonds. The van der Waals surface area contributed by atoms with Gasteiger partial charge < -0.3 is 16.0 Å². The van der Waals surface area contributed by atoms with Crippen LogP contribution in [-0.4, -0.2) is 30.5 Å². The highest BCUT2D eigenvalue weighted by Gasteiger charge is 2.15. The zero-order valence-electron chi connectivity index (χ0n) is 16.4. The van der Waals surface area contributed by atoms with E-state index < -0.39 is 0 Å². The van der Waals surface area contributed by atoms with E-state index in [1.165, 1.54) is 0 Å². The van der Waals surface area contributed by atoms with Crippen molar-refractivity contribution in [2.45, 2.75) is 59.7 Å². The van der Waals surface area contributed by atoms with Gasteiger partial charge in [0, 0.05) is 30.7 Å². The molecule has 1 atom stereocenters. The summed E-state index contributed by atoms with van der Waals surface area (Å²) in [6.45, 7) is 13.0. The minimum atomic E-state index is -0.246. The summed E-state index contributed by atoms with van der Waals surface area (Å²) < 4.78 is 0. The average molecular weight is 460 g/mol. The second-order valence-corrected chi connectivity index (χ2v) is 7.51. The maximum atomic E-state index is 12.3. The van der Waals surface area contributed by atoms with Gasteiger partial charge in [-0.15, -0.1) is 24.0 Å². The van der Waals surface area contributed by atoms with Crippen molar-refractivity contribution in [3.63, 3.8) is 0 Å². The van der Waals surface area contributed by atoms with Gasteiger partial charge in [-0.25, -0.2) is 0 Å². The van der Waals surface area contributed by atoms with Gasteiger partial charge in [-0.1, -0.05) is 26.0 Å². The van der Waals surface area contributed by atoms with Crippen LogP contribution in [0.15, 0.2) is 29.3 Å². The number of carbonyl (C=O) groups excluding carboxylic acids is 1. The molecule has 0 saturated heterocycles. The summed E-state index contributed by atoms with van der Waals surface area (Å²) in [4.78, 5) is 16.5. The fourth-order valence-corrected chi connectivity index (χ4v) is 2.00. The highest BCUT2D eigenvalue weighted by Crippen LogP contribution is 2.08. The summed E-state index contributed by atoms with van der Waals surface area (Å²) in [6.07, 6.45) is 0. The van der Waals surface area contributed by atoms with E-state index in [0.717, 1.165) is 11.5 Å². The van der Waals surface area contributed by atoms with Gasteiger partial charge in [0.05, 0.1) is 0 Å². The predicted molar refractivity (Wildman–Crippen MR) is 117 cm³/mol. The summed E-state index contributed by atoms with van der Waals surface area (Å²) in [5.41, 5.74) is 1.46. The summed E-state index contributed by atoms with van der Waals surface area (Å²) in [5.74, 6) is 1.23. The number of rotatable bonds is 5. The summed E-state index contributed by atoms with van der Waals surface area (Å²) in [6, 6.07) is 7.98. The largest absolute Gasteiger partial charge is 0.354 e. The van der Waals surface area contributed by atoms with Gasteiger partial charge >= 0.3 is 0 Å². The molecule has 0 heterocycles. The third kappa shape index (κ3) is 9.09. The molecule has 0 aliphatic heterocycles. The van der Waals surface area contributed by atoms with Crippen molar-refractivity contribution >= 4 is 35.8 Å². The smallest absolute Gasteiger partial charge is 0.251 e. The van der Waals surface area contributed by atoms with Crippen LogP contribution in [-0.2, 0) is 6.54 Å². The first-order valence-electron chi connectivity index (χ1n) is 8.51. The van der Waals surface area contributed by atoms with E-state index in [0.29, 0.717) is 24.1 Å². The van der Waals surface area contributed by atoms with Gasteiger partial charge in [0.25, 0.3) is 5.91 Å². The molecule has 5 nitrogen and oxygen atoms in total. The molecule has 1 aromatic rings. The lowest BCUT2D eigenvalue weighted by Crippen LogP contribution is -2.44. The topological polar surface area (TPSA) is 65.5 Å². The van der Waals surface area contributed by atoms with Crippen molar-refractivity contribution in [1.82, 2.24) is 16.0 Å². The summed E-state index contributed by atoms with van der Waals surface area (Å²) in [7, 11) is 1.76. The van der Waals surface area contributed by atoms with E-state index in [4.69, 9.17) is 0 Å². The summed E-state index contributed by atoms with van der Waals surface area (Å²) in [5, 5.41) is 9.64. The molecule has 0 aromatic heterocycles. The van der Waals surface area contributed by atoms with Crippen LogP contribution in [0.2, 0.25) is 0 Å². The minimum absolute atomic E-state index is 0. The standard InChI is InChI=1S/C19H32N4O.HI/c1-13(2)14(3)22-18(20-7)21-12-15-9-8-10-16(11-15)17(24)23-19(4,5)6;/h8-11,13-14H,12H2,1-7H3,(H,23,24)(H2,20,21,22);1H. The number of nitrogens with one attached hydrogen (secondary N) is 3. The molecule has 0 aliphatic carbocycles. The number of amides is 1. The molecule has 3 N–H and O–H groups in total. The number of aliphatic imine (C=N–C) groups is 1. The van der Waals surface area contributed by atoms with Crippen LogP contribution in [0, 0.1) is 5.92 Å². The van der Waals surface area contributed by atoms with Crippen molar-refractivity contribution in [1.29, 1.82) is 0 Å². The van der Waals surface area contributed by atoms with Gasteiger partial charge in [0.1, 0.15) is 0 Å². The molecule has 0 spiro atoms. The molecule has 0 aliphatic rings. The van der Waals surface area contributed by atoms with Crippen LogP contribution in [0.1, 0.15) is 57.5 Å². The average Bonchev–Trinajstić information content (AvgIpc) is 2.49. The molecule has 0 bridgehead atoms. The Hall–Kier alpha value is -1.31. The Kier molecular flexibility index (Phi) is 10.1. The molecule has 6 heteroatoms. The van der Waals surface area contributed by atoms with Gasteiger partial charge in [0.2, 0.25) is 0 Å². The normalized spacial score (nSPS) is 13.0. The third-order valence-corrected chi connectivity index (χ3v) is 3.73. The number of hydrogen-bond acceptors (Lipinski definition) is 2. The Bertz CT molecular complexity index is 579. The zero-order chi connectivity index (χ0) is 18.3.